The number of fused-ring (bicyclic) bond motifs is 3. The monoisotopic (exact) mass is 288 g/mol. The number of hydrogen-bond acceptors (Lipinski definition) is 5. The van der Waals surface area contributed by atoms with E-state index in [9.17, 15) is 9.59 Å². The molecule has 3 rings (SSSR count). The Morgan fingerprint density at radius 1 is 1.35 bits per heavy atom. The SMILES string of the molecule is COC(=O)c1oc2c(c(=O)c1C)CSc1ccccc1-2. The molecule has 20 heavy (non-hydrogen) atoms. The smallest absolute Gasteiger partial charge is 0.374 e. The van der Waals surface area contributed by atoms with Gasteiger partial charge in [0.15, 0.2) is 5.43 Å². The lowest BCUT2D eigenvalue weighted by molar-refractivity contribution is 0.0561. The van der Waals surface area contributed by atoms with Crippen LogP contribution in [0.1, 0.15) is 21.7 Å². The highest BCUT2D eigenvalue weighted by Gasteiger charge is 2.26. The van der Waals surface area contributed by atoms with Gasteiger partial charge in [-0.2, -0.15) is 0 Å². The third-order valence-corrected chi connectivity index (χ3v) is 4.41. The molecule has 0 N–H and O–H groups in total. The van der Waals surface area contributed by atoms with Crippen LogP contribution in [-0.2, 0) is 10.5 Å². The van der Waals surface area contributed by atoms with Crippen molar-refractivity contribution in [3.8, 4) is 11.3 Å². The molecule has 2 aromatic rings. The number of carbonyl (C=O) groups is 1. The van der Waals surface area contributed by atoms with Crippen LogP contribution < -0.4 is 5.43 Å². The van der Waals surface area contributed by atoms with Crippen LogP contribution in [0.5, 0.6) is 0 Å². The van der Waals surface area contributed by atoms with Gasteiger partial charge < -0.3 is 9.15 Å². The van der Waals surface area contributed by atoms with Gasteiger partial charge in [0, 0.05) is 21.8 Å². The van der Waals surface area contributed by atoms with Crippen molar-refractivity contribution in [2.24, 2.45) is 0 Å². The van der Waals surface area contributed by atoms with Crippen molar-refractivity contribution in [3.05, 3.63) is 51.4 Å². The van der Waals surface area contributed by atoms with E-state index in [1.165, 1.54) is 7.11 Å². The minimum absolute atomic E-state index is 0.0158. The van der Waals surface area contributed by atoms with Crippen molar-refractivity contribution in [2.45, 2.75) is 17.6 Å². The predicted molar refractivity (Wildman–Crippen MR) is 76.1 cm³/mol. The maximum Gasteiger partial charge on any atom is 0.374 e. The summed E-state index contributed by atoms with van der Waals surface area (Å²) in [6.07, 6.45) is 0. The van der Waals surface area contributed by atoms with Crippen LogP contribution in [0.3, 0.4) is 0 Å². The highest BCUT2D eigenvalue weighted by atomic mass is 32.2. The summed E-state index contributed by atoms with van der Waals surface area (Å²) in [5.74, 6) is 0.392. The second-order valence-corrected chi connectivity index (χ2v) is 5.49. The van der Waals surface area contributed by atoms with Gasteiger partial charge in [-0.1, -0.05) is 18.2 Å². The number of benzene rings is 1. The molecule has 0 bridgehead atoms. The Morgan fingerprint density at radius 2 is 2.10 bits per heavy atom. The topological polar surface area (TPSA) is 56.5 Å². The molecular formula is C15H12O4S. The van der Waals surface area contributed by atoms with Crippen molar-refractivity contribution < 1.29 is 13.9 Å². The molecule has 0 fully saturated rings. The molecule has 0 aliphatic carbocycles. The van der Waals surface area contributed by atoms with Gasteiger partial charge in [0.1, 0.15) is 5.76 Å². The lowest BCUT2D eigenvalue weighted by Crippen LogP contribution is -2.19. The number of thioether (sulfide) groups is 1. The van der Waals surface area contributed by atoms with Crippen LogP contribution in [0.25, 0.3) is 11.3 Å². The van der Waals surface area contributed by atoms with E-state index in [4.69, 9.17) is 4.42 Å². The van der Waals surface area contributed by atoms with E-state index in [1.807, 2.05) is 24.3 Å². The average molecular weight is 288 g/mol. The summed E-state index contributed by atoms with van der Waals surface area (Å²) in [6.45, 7) is 1.59. The van der Waals surface area contributed by atoms with E-state index in [0.29, 0.717) is 22.6 Å². The molecule has 102 valence electrons. The van der Waals surface area contributed by atoms with Crippen LogP contribution in [0.15, 0.2) is 38.4 Å². The van der Waals surface area contributed by atoms with Gasteiger partial charge in [-0.3, -0.25) is 4.79 Å². The fraction of sp³-hybridized carbons (Fsp3) is 0.200. The van der Waals surface area contributed by atoms with Crippen LogP contribution in [0, 0.1) is 6.92 Å². The van der Waals surface area contributed by atoms with Crippen molar-refractivity contribution >= 4 is 17.7 Å². The third-order valence-electron chi connectivity index (χ3n) is 3.31. The Kier molecular flexibility index (Phi) is 3.14. The summed E-state index contributed by atoms with van der Waals surface area (Å²) in [4.78, 5) is 25.2. The van der Waals surface area contributed by atoms with Gasteiger partial charge in [0.2, 0.25) is 5.76 Å². The molecule has 1 aromatic carbocycles. The molecule has 1 aromatic heterocycles. The zero-order valence-corrected chi connectivity index (χ0v) is 11.9. The van der Waals surface area contributed by atoms with Crippen LogP contribution in [0.2, 0.25) is 0 Å². The fourth-order valence-electron chi connectivity index (χ4n) is 2.24. The van der Waals surface area contributed by atoms with Crippen molar-refractivity contribution in [3.63, 3.8) is 0 Å². The molecular weight excluding hydrogens is 276 g/mol. The van der Waals surface area contributed by atoms with Gasteiger partial charge in [0.25, 0.3) is 0 Å². The normalized spacial score (nSPS) is 12.5. The van der Waals surface area contributed by atoms with Crippen molar-refractivity contribution in [2.75, 3.05) is 7.11 Å². The summed E-state index contributed by atoms with van der Waals surface area (Å²) in [6, 6.07) is 7.68. The van der Waals surface area contributed by atoms with Gasteiger partial charge in [-0.05, 0) is 13.0 Å². The number of carbonyl (C=O) groups excluding carboxylic acids is 1. The van der Waals surface area contributed by atoms with Crippen LogP contribution in [0.4, 0.5) is 0 Å². The summed E-state index contributed by atoms with van der Waals surface area (Å²) < 4.78 is 10.4. The first-order valence-corrected chi connectivity index (χ1v) is 7.09. The van der Waals surface area contributed by atoms with E-state index in [1.54, 1.807) is 18.7 Å². The molecule has 0 amide bonds. The maximum atomic E-state index is 12.4. The van der Waals surface area contributed by atoms with Gasteiger partial charge in [-0.25, -0.2) is 4.79 Å². The Morgan fingerprint density at radius 3 is 2.85 bits per heavy atom. The number of ether oxygens (including phenoxy) is 1. The van der Waals surface area contributed by atoms with E-state index in [0.717, 1.165) is 10.5 Å². The van der Waals surface area contributed by atoms with E-state index < -0.39 is 5.97 Å². The van der Waals surface area contributed by atoms with Crippen LogP contribution >= 0.6 is 11.8 Å². The lowest BCUT2D eigenvalue weighted by Gasteiger charge is -2.18. The first-order chi connectivity index (χ1) is 9.63. The summed E-state index contributed by atoms with van der Waals surface area (Å²) in [5.41, 5.74) is 1.61. The fourth-order valence-corrected chi connectivity index (χ4v) is 3.29. The van der Waals surface area contributed by atoms with E-state index in [-0.39, 0.29) is 11.2 Å². The van der Waals surface area contributed by atoms with Crippen molar-refractivity contribution in [1.82, 2.24) is 0 Å². The molecule has 1 aliphatic rings. The number of rotatable bonds is 1. The Labute approximate surface area is 119 Å². The second kappa shape index (κ2) is 4.83. The second-order valence-electron chi connectivity index (χ2n) is 4.47. The first kappa shape index (κ1) is 13.0. The molecule has 5 heteroatoms. The molecule has 4 nitrogen and oxygen atoms in total. The molecule has 0 saturated carbocycles. The highest BCUT2D eigenvalue weighted by Crippen LogP contribution is 2.40. The third kappa shape index (κ3) is 1.86. The summed E-state index contributed by atoms with van der Waals surface area (Å²) in [7, 11) is 1.27. The summed E-state index contributed by atoms with van der Waals surface area (Å²) >= 11 is 1.60. The first-order valence-electron chi connectivity index (χ1n) is 6.10. The predicted octanol–water partition coefficient (Wildman–Crippen LogP) is 3.01. The minimum Gasteiger partial charge on any atom is -0.463 e. The van der Waals surface area contributed by atoms with E-state index in [2.05, 4.69) is 4.74 Å². The molecule has 0 spiro atoms. The largest absolute Gasteiger partial charge is 0.463 e. The molecule has 1 aliphatic heterocycles. The van der Waals surface area contributed by atoms with Gasteiger partial charge >= 0.3 is 5.97 Å². The molecule has 0 radical (unpaired) electrons. The quantitative estimate of drug-likeness (QED) is 0.755. The number of esters is 1. The van der Waals surface area contributed by atoms with Crippen molar-refractivity contribution in [1.29, 1.82) is 0 Å². The summed E-state index contributed by atoms with van der Waals surface area (Å²) in [5, 5.41) is 0. The van der Waals surface area contributed by atoms with Gasteiger partial charge in [0.05, 0.1) is 12.7 Å². The zero-order chi connectivity index (χ0) is 14.3. The number of methoxy groups -OCH3 is 1. The Hall–Kier alpha value is -2.01. The molecule has 2 heterocycles. The molecule has 0 atom stereocenters. The minimum atomic E-state index is -0.627. The standard InChI is InChI=1S/C15H12O4S/c1-8-12(16)10-7-20-11-6-4-3-5-9(11)14(10)19-13(8)15(17)18-2/h3-6H,7H2,1-2H3. The highest BCUT2D eigenvalue weighted by molar-refractivity contribution is 7.98. The lowest BCUT2D eigenvalue weighted by atomic mass is 10.0. The Bertz CT molecular complexity index is 761. The number of hydrogen-bond donors (Lipinski definition) is 0. The molecule has 0 unspecified atom stereocenters. The zero-order valence-electron chi connectivity index (χ0n) is 11.1. The molecule has 0 saturated heterocycles. The Balaban J connectivity index is 2.32. The maximum absolute atomic E-state index is 12.4. The van der Waals surface area contributed by atoms with Crippen LogP contribution in [-0.4, -0.2) is 13.1 Å². The van der Waals surface area contributed by atoms with Gasteiger partial charge in [-0.15, -0.1) is 11.8 Å². The van der Waals surface area contributed by atoms with E-state index >= 15 is 0 Å². The average Bonchev–Trinajstić information content (AvgIpc) is 2.49.